The maximum atomic E-state index is 12.6. The molecule has 0 aromatic heterocycles. The maximum Gasteiger partial charge on any atom is 0.416 e. The summed E-state index contributed by atoms with van der Waals surface area (Å²) in [6.45, 7) is 3.49. The van der Waals surface area contributed by atoms with E-state index in [-0.39, 0.29) is 5.91 Å². The minimum Gasteiger partial charge on any atom is -0.497 e. The van der Waals surface area contributed by atoms with Crippen LogP contribution in [0.25, 0.3) is 0 Å². The fourth-order valence-electron chi connectivity index (χ4n) is 2.17. The van der Waals surface area contributed by atoms with Crippen molar-refractivity contribution in [3.8, 4) is 5.75 Å². The Kier molecular flexibility index (Phi) is 4.87. The lowest BCUT2D eigenvalue weighted by molar-refractivity contribution is -0.137. The van der Waals surface area contributed by atoms with Gasteiger partial charge in [0.05, 0.1) is 18.1 Å². The van der Waals surface area contributed by atoms with Gasteiger partial charge in [-0.25, -0.2) is 0 Å². The predicted octanol–water partition coefficient (Wildman–Crippen LogP) is 4.63. The molecule has 2 rings (SSSR count). The summed E-state index contributed by atoms with van der Waals surface area (Å²) in [5, 5.41) is 2.65. The Balaban J connectivity index is 2.15. The molecule has 0 unspecified atom stereocenters. The van der Waals surface area contributed by atoms with Gasteiger partial charge in [0.15, 0.2) is 0 Å². The van der Waals surface area contributed by atoms with Crippen molar-refractivity contribution < 1.29 is 22.7 Å². The first-order valence-corrected chi connectivity index (χ1v) is 7.28. The van der Waals surface area contributed by atoms with Crippen LogP contribution in [0.1, 0.15) is 25.0 Å². The molecular formula is C18H18F3NO2. The third-order valence-electron chi connectivity index (χ3n) is 3.85. The molecule has 0 aliphatic heterocycles. The highest BCUT2D eigenvalue weighted by atomic mass is 19.4. The van der Waals surface area contributed by atoms with E-state index >= 15 is 0 Å². The molecule has 0 radical (unpaired) electrons. The number of rotatable bonds is 4. The van der Waals surface area contributed by atoms with Gasteiger partial charge in [-0.2, -0.15) is 13.2 Å². The van der Waals surface area contributed by atoms with Crippen LogP contribution in [-0.4, -0.2) is 13.0 Å². The summed E-state index contributed by atoms with van der Waals surface area (Å²) in [7, 11) is 1.55. The quantitative estimate of drug-likeness (QED) is 0.883. The zero-order valence-corrected chi connectivity index (χ0v) is 13.6. The third kappa shape index (κ3) is 3.88. The first-order valence-electron chi connectivity index (χ1n) is 7.28. The van der Waals surface area contributed by atoms with Crippen molar-refractivity contribution in [2.45, 2.75) is 25.4 Å². The summed E-state index contributed by atoms with van der Waals surface area (Å²) >= 11 is 0. The van der Waals surface area contributed by atoms with Crippen LogP contribution < -0.4 is 10.1 Å². The number of benzene rings is 2. The zero-order chi connectivity index (χ0) is 18.0. The summed E-state index contributed by atoms with van der Waals surface area (Å²) in [4.78, 5) is 12.5. The van der Waals surface area contributed by atoms with Crippen LogP contribution in [0.5, 0.6) is 5.75 Å². The van der Waals surface area contributed by atoms with E-state index < -0.39 is 17.2 Å². The van der Waals surface area contributed by atoms with Gasteiger partial charge in [0, 0.05) is 5.69 Å². The molecular weight excluding hydrogens is 319 g/mol. The van der Waals surface area contributed by atoms with Crippen LogP contribution in [0.3, 0.4) is 0 Å². The Bertz CT molecular complexity index is 705. The largest absolute Gasteiger partial charge is 0.497 e. The second kappa shape index (κ2) is 6.55. The lowest BCUT2D eigenvalue weighted by Gasteiger charge is -2.24. The summed E-state index contributed by atoms with van der Waals surface area (Å²) < 4.78 is 42.8. The Labute approximate surface area is 138 Å². The average molecular weight is 337 g/mol. The molecule has 0 saturated heterocycles. The number of ether oxygens (including phenoxy) is 1. The Morgan fingerprint density at radius 2 is 1.42 bits per heavy atom. The molecule has 6 heteroatoms. The molecule has 0 saturated carbocycles. The monoisotopic (exact) mass is 337 g/mol. The molecule has 1 N–H and O–H groups in total. The molecule has 0 aliphatic rings. The molecule has 2 aromatic carbocycles. The van der Waals surface area contributed by atoms with E-state index in [1.54, 1.807) is 45.2 Å². The number of hydrogen-bond acceptors (Lipinski definition) is 2. The fourth-order valence-corrected chi connectivity index (χ4v) is 2.17. The molecule has 1 amide bonds. The van der Waals surface area contributed by atoms with Crippen LogP contribution >= 0.6 is 0 Å². The van der Waals surface area contributed by atoms with Crippen LogP contribution in [0.2, 0.25) is 0 Å². The number of methoxy groups -OCH3 is 1. The van der Waals surface area contributed by atoms with E-state index in [1.165, 1.54) is 12.1 Å². The summed E-state index contributed by atoms with van der Waals surface area (Å²) in [5.74, 6) is 0.366. The van der Waals surface area contributed by atoms with Crippen molar-refractivity contribution in [1.29, 1.82) is 0 Å². The molecule has 0 bridgehead atoms. The standard InChI is InChI=1S/C18H18F3NO2/c1-17(2,12-6-10-15(24-3)11-7-12)16(23)22-14-8-4-13(5-9-14)18(19,20)21/h4-11H,1-3H3,(H,22,23). The lowest BCUT2D eigenvalue weighted by atomic mass is 9.83. The van der Waals surface area contributed by atoms with Crippen molar-refractivity contribution in [3.63, 3.8) is 0 Å². The van der Waals surface area contributed by atoms with Crippen molar-refractivity contribution >= 4 is 11.6 Å². The summed E-state index contributed by atoms with van der Waals surface area (Å²) in [6.07, 6.45) is -4.40. The fraction of sp³-hybridized carbons (Fsp3) is 0.278. The highest BCUT2D eigenvalue weighted by Gasteiger charge is 2.31. The predicted molar refractivity (Wildman–Crippen MR) is 86.1 cm³/mol. The third-order valence-corrected chi connectivity index (χ3v) is 3.85. The zero-order valence-electron chi connectivity index (χ0n) is 13.6. The first kappa shape index (κ1) is 17.8. The minimum atomic E-state index is -4.40. The number of hydrogen-bond donors (Lipinski definition) is 1. The number of carbonyl (C=O) groups is 1. The highest BCUT2D eigenvalue weighted by molar-refractivity contribution is 5.98. The number of alkyl halides is 3. The molecule has 0 fully saturated rings. The smallest absolute Gasteiger partial charge is 0.416 e. The highest BCUT2D eigenvalue weighted by Crippen LogP contribution is 2.31. The van der Waals surface area contributed by atoms with E-state index in [1.807, 2.05) is 0 Å². The van der Waals surface area contributed by atoms with Crippen LogP contribution in [-0.2, 0) is 16.4 Å². The summed E-state index contributed by atoms with van der Waals surface area (Å²) in [5.41, 5.74) is -0.521. The van der Waals surface area contributed by atoms with Crippen LogP contribution in [0.15, 0.2) is 48.5 Å². The first-order chi connectivity index (χ1) is 11.1. The number of nitrogens with one attached hydrogen (secondary N) is 1. The number of amides is 1. The van der Waals surface area contributed by atoms with E-state index in [9.17, 15) is 18.0 Å². The molecule has 2 aromatic rings. The molecule has 0 aliphatic carbocycles. The van der Waals surface area contributed by atoms with E-state index in [2.05, 4.69) is 5.32 Å². The van der Waals surface area contributed by atoms with E-state index in [4.69, 9.17) is 4.74 Å². The Morgan fingerprint density at radius 3 is 1.88 bits per heavy atom. The number of anilines is 1. The van der Waals surface area contributed by atoms with Gasteiger partial charge in [-0.05, 0) is 55.8 Å². The van der Waals surface area contributed by atoms with Gasteiger partial charge in [0.2, 0.25) is 5.91 Å². The van der Waals surface area contributed by atoms with Gasteiger partial charge >= 0.3 is 6.18 Å². The number of halogens is 3. The minimum absolute atomic E-state index is 0.313. The second-order valence-electron chi connectivity index (χ2n) is 5.88. The van der Waals surface area contributed by atoms with Gasteiger partial charge in [0.25, 0.3) is 0 Å². The molecule has 0 spiro atoms. The van der Waals surface area contributed by atoms with Gasteiger partial charge < -0.3 is 10.1 Å². The van der Waals surface area contributed by atoms with Gasteiger partial charge in [-0.3, -0.25) is 4.79 Å². The van der Waals surface area contributed by atoms with E-state index in [0.29, 0.717) is 11.4 Å². The van der Waals surface area contributed by atoms with Gasteiger partial charge in [0.1, 0.15) is 5.75 Å². The lowest BCUT2D eigenvalue weighted by Crippen LogP contribution is -2.34. The second-order valence-corrected chi connectivity index (χ2v) is 5.88. The maximum absolute atomic E-state index is 12.6. The normalized spacial score (nSPS) is 11.9. The van der Waals surface area contributed by atoms with E-state index in [0.717, 1.165) is 17.7 Å². The van der Waals surface area contributed by atoms with Crippen LogP contribution in [0, 0.1) is 0 Å². The Morgan fingerprint density at radius 1 is 0.917 bits per heavy atom. The van der Waals surface area contributed by atoms with Crippen LogP contribution in [0.4, 0.5) is 18.9 Å². The Hall–Kier alpha value is -2.50. The molecule has 3 nitrogen and oxygen atoms in total. The van der Waals surface area contributed by atoms with Gasteiger partial charge in [-0.1, -0.05) is 12.1 Å². The summed E-state index contributed by atoms with van der Waals surface area (Å²) in [6, 6.07) is 11.4. The average Bonchev–Trinajstić information content (AvgIpc) is 2.54. The molecule has 0 heterocycles. The van der Waals surface area contributed by atoms with Crippen molar-refractivity contribution in [1.82, 2.24) is 0 Å². The van der Waals surface area contributed by atoms with Crippen molar-refractivity contribution in [2.75, 3.05) is 12.4 Å². The van der Waals surface area contributed by atoms with Crippen molar-refractivity contribution in [2.24, 2.45) is 0 Å². The topological polar surface area (TPSA) is 38.3 Å². The van der Waals surface area contributed by atoms with Gasteiger partial charge in [-0.15, -0.1) is 0 Å². The number of carbonyl (C=O) groups excluding carboxylic acids is 1. The SMILES string of the molecule is COc1ccc(C(C)(C)C(=O)Nc2ccc(C(F)(F)F)cc2)cc1. The molecule has 0 atom stereocenters. The molecule has 24 heavy (non-hydrogen) atoms. The molecule has 128 valence electrons. The van der Waals surface area contributed by atoms with Crippen molar-refractivity contribution in [3.05, 3.63) is 59.7 Å².